The van der Waals surface area contributed by atoms with E-state index in [1.807, 2.05) is 0 Å². The molecule has 1 aromatic rings. The van der Waals surface area contributed by atoms with E-state index in [9.17, 15) is 22.8 Å². The molecule has 9 heteroatoms. The van der Waals surface area contributed by atoms with Crippen molar-refractivity contribution >= 4 is 29.9 Å². The van der Waals surface area contributed by atoms with Crippen LogP contribution in [0.25, 0.3) is 0 Å². The zero-order valence-electron chi connectivity index (χ0n) is 13.2. The first-order valence-corrected chi connectivity index (χ1v) is 7.23. The smallest absolute Gasteiger partial charge is 0.331 e. The highest BCUT2D eigenvalue weighted by Gasteiger charge is 2.41. The first-order chi connectivity index (χ1) is 10.8. The van der Waals surface area contributed by atoms with Crippen molar-refractivity contribution in [3.63, 3.8) is 0 Å². The molecular weight excluding hydrogens is 347 g/mol. The Bertz CT molecular complexity index is 553. The maximum absolute atomic E-state index is 12.5. The second kappa shape index (κ2) is 10.1. The molecule has 0 aromatic heterocycles. The van der Waals surface area contributed by atoms with Gasteiger partial charge in [0.1, 0.15) is 0 Å². The number of carbonyl (C=O) groups excluding carboxylic acids is 2. The minimum atomic E-state index is -4.90. The Labute approximate surface area is 144 Å². The summed E-state index contributed by atoms with van der Waals surface area (Å²) < 4.78 is 37.5. The van der Waals surface area contributed by atoms with Crippen molar-refractivity contribution in [2.75, 3.05) is 18.4 Å². The highest BCUT2D eigenvalue weighted by molar-refractivity contribution is 5.90. The Morgan fingerprint density at radius 1 is 1.29 bits per heavy atom. The van der Waals surface area contributed by atoms with Crippen LogP contribution in [0.15, 0.2) is 24.3 Å². The van der Waals surface area contributed by atoms with Crippen LogP contribution in [-0.2, 0) is 16.1 Å². The number of amides is 2. The van der Waals surface area contributed by atoms with Gasteiger partial charge < -0.3 is 16.0 Å². The summed E-state index contributed by atoms with van der Waals surface area (Å²) in [5, 5.41) is 2.65. The highest BCUT2D eigenvalue weighted by Crippen LogP contribution is 2.20. The second-order valence-electron chi connectivity index (χ2n) is 4.96. The van der Waals surface area contributed by atoms with E-state index in [-0.39, 0.29) is 37.8 Å². The average Bonchev–Trinajstić information content (AvgIpc) is 2.49. The lowest BCUT2D eigenvalue weighted by molar-refractivity contribution is -0.185. The molecule has 0 unspecified atom stereocenters. The number of nitrogens with one attached hydrogen (secondary N) is 1. The fourth-order valence-electron chi connectivity index (χ4n) is 1.96. The number of hydrogen-bond acceptors (Lipinski definition) is 3. The van der Waals surface area contributed by atoms with Crippen LogP contribution in [-0.4, -0.2) is 36.0 Å². The molecule has 0 saturated carbocycles. The molecule has 1 rings (SSSR count). The van der Waals surface area contributed by atoms with E-state index in [0.717, 1.165) is 0 Å². The average molecular weight is 368 g/mol. The topological polar surface area (TPSA) is 75.4 Å². The van der Waals surface area contributed by atoms with Gasteiger partial charge in [0.05, 0.1) is 0 Å². The molecule has 0 spiro atoms. The van der Waals surface area contributed by atoms with E-state index in [4.69, 9.17) is 5.73 Å². The van der Waals surface area contributed by atoms with Gasteiger partial charge in [0.25, 0.3) is 0 Å². The molecule has 0 aliphatic heterocycles. The number of anilines is 1. The van der Waals surface area contributed by atoms with Gasteiger partial charge in [0.2, 0.25) is 5.91 Å². The van der Waals surface area contributed by atoms with Crippen molar-refractivity contribution in [3.8, 4) is 0 Å². The van der Waals surface area contributed by atoms with Crippen molar-refractivity contribution < 1.29 is 22.8 Å². The Hall–Kier alpha value is -1.80. The summed E-state index contributed by atoms with van der Waals surface area (Å²) in [4.78, 5) is 23.6. The molecule has 136 valence electrons. The zero-order chi connectivity index (χ0) is 17.5. The number of benzene rings is 1. The number of alkyl halides is 3. The third-order valence-corrected chi connectivity index (χ3v) is 3.10. The molecule has 2 amide bonds. The summed E-state index contributed by atoms with van der Waals surface area (Å²) in [6.45, 7) is 1.63. The molecule has 0 bridgehead atoms. The predicted octanol–water partition coefficient (Wildman–Crippen LogP) is 2.70. The van der Waals surface area contributed by atoms with Gasteiger partial charge in [-0.15, -0.1) is 12.4 Å². The minimum absolute atomic E-state index is 0. The summed E-state index contributed by atoms with van der Waals surface area (Å²) in [5.41, 5.74) is 6.29. The molecule has 0 aliphatic carbocycles. The van der Waals surface area contributed by atoms with E-state index < -0.39 is 12.1 Å². The number of hydrogen-bond donors (Lipinski definition) is 2. The minimum Gasteiger partial charge on any atom is -0.331 e. The fraction of sp³-hybridized carbons (Fsp3) is 0.467. The maximum Gasteiger partial charge on any atom is 0.471 e. The van der Waals surface area contributed by atoms with Gasteiger partial charge in [-0.25, -0.2) is 0 Å². The Morgan fingerprint density at radius 3 is 2.50 bits per heavy atom. The van der Waals surface area contributed by atoms with Gasteiger partial charge in [0.15, 0.2) is 0 Å². The summed E-state index contributed by atoms with van der Waals surface area (Å²) in [7, 11) is 0. The van der Waals surface area contributed by atoms with Gasteiger partial charge in [-0.1, -0.05) is 12.1 Å². The van der Waals surface area contributed by atoms with Gasteiger partial charge in [-0.2, -0.15) is 13.2 Å². The lowest BCUT2D eigenvalue weighted by atomic mass is 10.1. The third kappa shape index (κ3) is 7.18. The molecule has 0 heterocycles. The Balaban J connectivity index is 0.00000529. The van der Waals surface area contributed by atoms with Gasteiger partial charge in [-0.3, -0.25) is 9.59 Å². The predicted molar refractivity (Wildman–Crippen MR) is 87.8 cm³/mol. The molecule has 0 aliphatic rings. The van der Waals surface area contributed by atoms with E-state index in [1.54, 1.807) is 24.3 Å². The summed E-state index contributed by atoms with van der Waals surface area (Å²) in [6, 6.07) is 6.39. The molecule has 0 atom stereocenters. The maximum atomic E-state index is 12.5. The number of halogens is 4. The van der Waals surface area contributed by atoms with Crippen molar-refractivity contribution in [3.05, 3.63) is 29.8 Å². The molecule has 24 heavy (non-hydrogen) atoms. The van der Waals surface area contributed by atoms with Crippen LogP contribution >= 0.6 is 12.4 Å². The van der Waals surface area contributed by atoms with Crippen molar-refractivity contribution in [1.82, 2.24) is 4.90 Å². The van der Waals surface area contributed by atoms with Crippen LogP contribution in [0.5, 0.6) is 0 Å². The molecule has 0 radical (unpaired) electrons. The number of nitrogens with two attached hydrogens (primary N) is 1. The largest absolute Gasteiger partial charge is 0.471 e. The Kier molecular flexibility index (Phi) is 9.38. The molecule has 0 fully saturated rings. The molecular formula is C15H21ClF3N3O2. The quantitative estimate of drug-likeness (QED) is 0.778. The highest BCUT2D eigenvalue weighted by atomic mass is 35.5. The fourth-order valence-corrected chi connectivity index (χ4v) is 1.96. The van der Waals surface area contributed by atoms with Crippen LogP contribution in [0.2, 0.25) is 0 Å². The normalized spacial score (nSPS) is 10.7. The SMILES string of the molecule is CCN(Cc1cccc(NC(=O)CCCN)c1)C(=O)C(F)(F)F.Cl. The van der Waals surface area contributed by atoms with Crippen LogP contribution < -0.4 is 11.1 Å². The summed E-state index contributed by atoms with van der Waals surface area (Å²) >= 11 is 0. The number of nitrogens with zero attached hydrogens (tertiary/aromatic N) is 1. The van der Waals surface area contributed by atoms with Gasteiger partial charge in [0, 0.05) is 25.2 Å². The van der Waals surface area contributed by atoms with E-state index in [0.29, 0.717) is 29.1 Å². The first kappa shape index (κ1) is 22.2. The number of carbonyl (C=O) groups is 2. The van der Waals surface area contributed by atoms with Gasteiger partial charge >= 0.3 is 12.1 Å². The molecule has 3 N–H and O–H groups in total. The van der Waals surface area contributed by atoms with Crippen LogP contribution in [0.1, 0.15) is 25.3 Å². The molecule has 5 nitrogen and oxygen atoms in total. The van der Waals surface area contributed by atoms with Crippen molar-refractivity contribution in [1.29, 1.82) is 0 Å². The van der Waals surface area contributed by atoms with Crippen molar-refractivity contribution in [2.45, 2.75) is 32.5 Å². The van der Waals surface area contributed by atoms with E-state index in [2.05, 4.69) is 5.32 Å². The monoisotopic (exact) mass is 367 g/mol. The first-order valence-electron chi connectivity index (χ1n) is 7.23. The number of rotatable bonds is 7. The lowest BCUT2D eigenvalue weighted by Crippen LogP contribution is -2.40. The van der Waals surface area contributed by atoms with E-state index >= 15 is 0 Å². The standard InChI is InChI=1S/C15H20F3N3O2.ClH/c1-2-21(14(23)15(16,17)18)10-11-5-3-6-12(9-11)20-13(22)7-4-8-19;/h3,5-6,9H,2,4,7-8,10,19H2,1H3,(H,20,22);1H. The van der Waals surface area contributed by atoms with Crippen LogP contribution in [0.4, 0.5) is 18.9 Å². The van der Waals surface area contributed by atoms with Crippen LogP contribution in [0, 0.1) is 0 Å². The lowest BCUT2D eigenvalue weighted by Gasteiger charge is -2.22. The second-order valence-corrected chi connectivity index (χ2v) is 4.96. The summed E-state index contributed by atoms with van der Waals surface area (Å²) in [5.74, 6) is -2.09. The molecule has 0 saturated heterocycles. The third-order valence-electron chi connectivity index (χ3n) is 3.10. The van der Waals surface area contributed by atoms with Crippen LogP contribution in [0.3, 0.4) is 0 Å². The van der Waals surface area contributed by atoms with E-state index in [1.165, 1.54) is 6.92 Å². The van der Waals surface area contributed by atoms with Gasteiger partial charge in [-0.05, 0) is 37.6 Å². The van der Waals surface area contributed by atoms with Crippen molar-refractivity contribution in [2.24, 2.45) is 5.73 Å². The summed E-state index contributed by atoms with van der Waals surface area (Å²) in [6.07, 6.45) is -4.08. The Morgan fingerprint density at radius 2 is 1.96 bits per heavy atom. The zero-order valence-corrected chi connectivity index (χ0v) is 14.0. The molecule has 1 aromatic carbocycles.